The Morgan fingerprint density at radius 1 is 1.83 bits per heavy atom. The monoisotopic (exact) mass is 186 g/mol. The summed E-state index contributed by atoms with van der Waals surface area (Å²) in [6.45, 7) is 0. The smallest absolute Gasteiger partial charge is 1.00 e. The van der Waals surface area contributed by atoms with Crippen LogP contribution in [0.25, 0.3) is 0 Å². The molecule has 6 heavy (non-hydrogen) atoms. The van der Waals surface area contributed by atoms with Crippen molar-refractivity contribution in [3.63, 3.8) is 0 Å². The van der Waals surface area contributed by atoms with E-state index in [-0.39, 0.29) is 57.7 Å². The molecule has 0 fully saturated rings. The predicted octanol–water partition coefficient (Wildman–Crippen LogP) is -0.820. The van der Waals surface area contributed by atoms with Crippen LogP contribution in [0, 0.1) is 0 Å². The first-order chi connectivity index (χ1) is 1.73. The first kappa shape index (κ1) is 15.7. The van der Waals surface area contributed by atoms with E-state index in [9.17, 15) is 0 Å². The van der Waals surface area contributed by atoms with E-state index in [0.29, 0.717) is 0 Å². The molecule has 1 atom stereocenters. The van der Waals surface area contributed by atoms with E-state index in [1.165, 1.54) is 0 Å². The van der Waals surface area contributed by atoms with Crippen LogP contribution in [0.15, 0.2) is 0 Å². The summed E-state index contributed by atoms with van der Waals surface area (Å²) in [5.41, 5.74) is 0. The molecule has 0 aliphatic heterocycles. The molecular weight excluding hydrogens is 184 g/mol. The quantitative estimate of drug-likeness (QED) is 0.397. The van der Waals surface area contributed by atoms with Crippen LogP contribution < -0.4 is 0 Å². The van der Waals surface area contributed by atoms with E-state index in [2.05, 4.69) is 0 Å². The maximum absolute atomic E-state index is 8.56. The Kier molecular flexibility index (Phi) is 26.0. The molecule has 0 amide bonds. The Bertz CT molecular complexity index is 40.3. The Hall–Kier alpha value is 1.85. The normalized spacial score (nSPS) is 10.3. The summed E-state index contributed by atoms with van der Waals surface area (Å²) in [4.78, 5) is 0. The third-order valence-electron chi connectivity index (χ3n) is 0. The summed E-state index contributed by atoms with van der Waals surface area (Å²) in [7, 11) is 0. The topological polar surface area (TPSA) is 60.4 Å². The minimum absolute atomic E-state index is 0. The van der Waals surface area contributed by atoms with E-state index in [1.807, 2.05) is 0 Å². The molecule has 1 N–H and O–H groups in total. The average molecular weight is 187 g/mol. The standard InChI is InChI=1S/Ca.Cu.H2O3S.2H/c;;1-4(2)3;;/h;;(H2,1,2,3);;/q+2;;;2*-1/p-1. The third-order valence-corrected chi connectivity index (χ3v) is 0. The zero-order valence-electron chi connectivity index (χ0n) is 4.68. The minimum atomic E-state index is -2.86. The van der Waals surface area contributed by atoms with Crippen molar-refractivity contribution in [2.45, 2.75) is 0 Å². The largest absolute Gasteiger partial charge is 2.00 e. The van der Waals surface area contributed by atoms with Crippen molar-refractivity contribution in [1.29, 1.82) is 0 Å². The molecule has 0 rings (SSSR count). The maximum atomic E-state index is 8.56. The van der Waals surface area contributed by atoms with E-state index in [0.717, 1.165) is 0 Å². The van der Waals surface area contributed by atoms with Crippen molar-refractivity contribution in [3.8, 4) is 0 Å². The van der Waals surface area contributed by atoms with Gasteiger partial charge in [0.2, 0.25) is 0 Å². The summed E-state index contributed by atoms with van der Waals surface area (Å²) in [5, 5.41) is 0. The fraction of sp³-hybridized carbons (Fsp3) is 0. The SMILES string of the molecule is O=S([O-])O.[Ca+2].[Cu].[H-].[H-]. The molecule has 0 aliphatic carbocycles. The van der Waals surface area contributed by atoms with E-state index in [4.69, 9.17) is 13.3 Å². The zero-order chi connectivity index (χ0) is 3.58. The average Bonchev–Trinajstić information content (AvgIpc) is 0.811. The molecule has 0 saturated carbocycles. The van der Waals surface area contributed by atoms with Gasteiger partial charge in [-0.2, -0.15) is 0 Å². The van der Waals surface area contributed by atoms with Gasteiger partial charge in [0.15, 0.2) is 0 Å². The molecule has 0 saturated heterocycles. The van der Waals surface area contributed by atoms with Gasteiger partial charge in [-0.15, -0.1) is 0 Å². The van der Waals surface area contributed by atoms with Crippen molar-refractivity contribution in [1.82, 2.24) is 0 Å². The van der Waals surface area contributed by atoms with Gasteiger partial charge in [-0.25, -0.2) is 4.21 Å². The first-order valence-corrected chi connectivity index (χ1v) is 1.55. The van der Waals surface area contributed by atoms with Gasteiger partial charge >= 0.3 is 37.7 Å². The molecule has 1 radical (unpaired) electrons. The van der Waals surface area contributed by atoms with Gasteiger partial charge in [0.25, 0.3) is 0 Å². The molecule has 6 heteroatoms. The van der Waals surface area contributed by atoms with Crippen molar-refractivity contribution in [2.24, 2.45) is 0 Å². The molecule has 0 aromatic heterocycles. The van der Waals surface area contributed by atoms with Crippen LogP contribution >= 0.6 is 0 Å². The van der Waals surface area contributed by atoms with E-state index in [1.54, 1.807) is 0 Å². The molecular formula is H3CaCuO3S-. The number of hydrogen-bond donors (Lipinski definition) is 1. The molecule has 0 spiro atoms. The summed E-state index contributed by atoms with van der Waals surface area (Å²) in [5.74, 6) is 0. The van der Waals surface area contributed by atoms with Crippen LogP contribution in [0.1, 0.15) is 2.85 Å². The van der Waals surface area contributed by atoms with Gasteiger partial charge in [-0.3, -0.25) is 0 Å². The second-order valence-electron chi connectivity index (χ2n) is 0.217. The Balaban J connectivity index is -0.00000000750. The predicted molar refractivity (Wildman–Crippen MR) is 19.5 cm³/mol. The number of rotatable bonds is 0. The Morgan fingerprint density at radius 3 is 1.83 bits per heavy atom. The molecule has 0 aromatic rings. The van der Waals surface area contributed by atoms with Crippen LogP contribution in [-0.2, 0) is 28.4 Å². The molecule has 1 unspecified atom stereocenters. The maximum Gasteiger partial charge on any atom is 2.00 e. The van der Waals surface area contributed by atoms with Crippen LogP contribution in [-0.4, -0.2) is 51.1 Å². The van der Waals surface area contributed by atoms with Gasteiger partial charge in [0.1, 0.15) is 0 Å². The van der Waals surface area contributed by atoms with Crippen molar-refractivity contribution >= 4 is 49.1 Å². The van der Waals surface area contributed by atoms with Crippen LogP contribution in [0.2, 0.25) is 0 Å². The van der Waals surface area contributed by atoms with Crippen molar-refractivity contribution < 1.29 is 33.2 Å². The van der Waals surface area contributed by atoms with Gasteiger partial charge in [0, 0.05) is 17.1 Å². The fourth-order valence-corrected chi connectivity index (χ4v) is 0. The molecule has 0 aliphatic rings. The Labute approximate surface area is 81.4 Å². The van der Waals surface area contributed by atoms with E-state index < -0.39 is 11.4 Å². The molecule has 0 aromatic carbocycles. The second kappa shape index (κ2) is 9.97. The van der Waals surface area contributed by atoms with Crippen LogP contribution in [0.3, 0.4) is 0 Å². The molecule has 41 valence electrons. The van der Waals surface area contributed by atoms with E-state index >= 15 is 0 Å². The van der Waals surface area contributed by atoms with Crippen LogP contribution in [0.4, 0.5) is 0 Å². The summed E-state index contributed by atoms with van der Waals surface area (Å²) in [6, 6.07) is 0. The van der Waals surface area contributed by atoms with Gasteiger partial charge in [0.05, 0.1) is 11.4 Å². The van der Waals surface area contributed by atoms with Crippen molar-refractivity contribution in [2.75, 3.05) is 0 Å². The van der Waals surface area contributed by atoms with Gasteiger partial charge in [-0.05, 0) is 0 Å². The summed E-state index contributed by atoms with van der Waals surface area (Å²) < 4.78 is 24.1. The molecule has 0 bridgehead atoms. The summed E-state index contributed by atoms with van der Waals surface area (Å²) in [6.07, 6.45) is 0. The van der Waals surface area contributed by atoms with Gasteiger partial charge in [-0.1, -0.05) is 0 Å². The fourth-order valence-electron chi connectivity index (χ4n) is 0. The Morgan fingerprint density at radius 2 is 1.83 bits per heavy atom. The summed E-state index contributed by atoms with van der Waals surface area (Å²) >= 11 is -2.86. The van der Waals surface area contributed by atoms with Crippen LogP contribution in [0.5, 0.6) is 0 Å². The van der Waals surface area contributed by atoms with Gasteiger partial charge < -0.3 is 12.0 Å². The minimum Gasteiger partial charge on any atom is -1.00 e. The first-order valence-electron chi connectivity index (χ1n) is 0.516. The van der Waals surface area contributed by atoms with Crippen molar-refractivity contribution in [3.05, 3.63) is 0 Å². The third kappa shape index (κ3) is 40.2. The molecule has 0 heterocycles. The zero-order valence-corrected chi connectivity index (χ0v) is 6.65. The molecule has 3 nitrogen and oxygen atoms in total. The number of hydrogen-bond acceptors (Lipinski definition) is 2. The second-order valence-corrected chi connectivity index (χ2v) is 0.651.